The summed E-state index contributed by atoms with van der Waals surface area (Å²) in [5.74, 6) is -0.284. The van der Waals surface area contributed by atoms with Gasteiger partial charge in [-0.2, -0.15) is 0 Å². The number of thioether (sulfide) groups is 1. The molecule has 0 bridgehead atoms. The molecule has 112 valence electrons. The van der Waals surface area contributed by atoms with E-state index in [1.807, 2.05) is 0 Å². The zero-order chi connectivity index (χ0) is 15.5. The van der Waals surface area contributed by atoms with Crippen LogP contribution in [0.4, 0.5) is 4.39 Å². The van der Waals surface area contributed by atoms with Gasteiger partial charge in [0.05, 0.1) is 11.3 Å². The van der Waals surface area contributed by atoms with Crippen LogP contribution in [0.5, 0.6) is 0 Å². The number of aromatic nitrogens is 3. The molecular formula is C14H16FN3O2S. The Morgan fingerprint density at radius 1 is 1.38 bits per heavy atom. The van der Waals surface area contributed by atoms with Crippen molar-refractivity contribution < 1.29 is 13.9 Å². The van der Waals surface area contributed by atoms with Crippen molar-refractivity contribution in [2.75, 3.05) is 5.75 Å². The van der Waals surface area contributed by atoms with Gasteiger partial charge in [0, 0.05) is 0 Å². The molecule has 0 radical (unpaired) electrons. The highest BCUT2D eigenvalue weighted by Crippen LogP contribution is 2.22. The van der Waals surface area contributed by atoms with E-state index in [0.717, 1.165) is 11.8 Å². The third kappa shape index (κ3) is 4.56. The smallest absolute Gasteiger partial charge is 0.316 e. The summed E-state index contributed by atoms with van der Waals surface area (Å²) >= 11 is 1.14. The minimum atomic E-state index is -0.519. The highest BCUT2D eigenvalue weighted by Gasteiger charge is 2.17. The fourth-order valence-corrected chi connectivity index (χ4v) is 2.15. The second kappa shape index (κ2) is 6.26. The molecule has 0 aliphatic rings. The maximum absolute atomic E-state index is 13.6. The molecule has 0 spiro atoms. The number of halogens is 1. The first-order valence-electron chi connectivity index (χ1n) is 6.37. The first kappa shape index (κ1) is 15.5. The van der Waals surface area contributed by atoms with Crippen molar-refractivity contribution in [3.8, 4) is 11.4 Å². The summed E-state index contributed by atoms with van der Waals surface area (Å²) in [4.78, 5) is 15.8. The third-order valence-electron chi connectivity index (χ3n) is 2.33. The standard InChI is InChI=1S/C14H16FN3O2S/c1-14(2,3)20-11(19)8-21-13-16-12(17-18-13)9-6-4-5-7-10(9)15/h4-7H,8H2,1-3H3,(H,16,17,18). The summed E-state index contributed by atoms with van der Waals surface area (Å²) < 4.78 is 18.8. The minimum Gasteiger partial charge on any atom is -0.459 e. The number of nitrogens with one attached hydrogen (secondary N) is 1. The van der Waals surface area contributed by atoms with Crippen molar-refractivity contribution in [2.24, 2.45) is 0 Å². The van der Waals surface area contributed by atoms with Crippen LogP contribution in [-0.4, -0.2) is 32.5 Å². The van der Waals surface area contributed by atoms with Gasteiger partial charge in [-0.1, -0.05) is 23.9 Å². The molecular weight excluding hydrogens is 293 g/mol. The number of nitrogens with zero attached hydrogens (tertiary/aromatic N) is 2. The van der Waals surface area contributed by atoms with Gasteiger partial charge in [0.15, 0.2) is 5.82 Å². The number of carbonyl (C=O) groups excluding carboxylic acids is 1. The Hall–Kier alpha value is -1.89. The molecule has 2 aromatic rings. The number of rotatable bonds is 4. The number of benzene rings is 1. The molecule has 0 saturated heterocycles. The highest BCUT2D eigenvalue weighted by atomic mass is 32.2. The zero-order valence-electron chi connectivity index (χ0n) is 12.0. The van der Waals surface area contributed by atoms with E-state index in [-0.39, 0.29) is 17.5 Å². The number of carbonyl (C=O) groups is 1. The second-order valence-electron chi connectivity index (χ2n) is 5.32. The molecule has 7 heteroatoms. The van der Waals surface area contributed by atoms with Gasteiger partial charge >= 0.3 is 5.97 Å². The van der Waals surface area contributed by atoms with Crippen LogP contribution < -0.4 is 0 Å². The third-order valence-corrected chi connectivity index (χ3v) is 3.15. The molecule has 0 aliphatic carbocycles. The molecule has 1 N–H and O–H groups in total. The SMILES string of the molecule is CC(C)(C)OC(=O)CSc1n[nH]c(-c2ccccc2F)n1. The number of hydrogen-bond acceptors (Lipinski definition) is 5. The summed E-state index contributed by atoms with van der Waals surface area (Å²) in [6.45, 7) is 5.41. The van der Waals surface area contributed by atoms with Gasteiger partial charge in [-0.3, -0.25) is 9.89 Å². The van der Waals surface area contributed by atoms with E-state index < -0.39 is 5.60 Å². The Bertz CT molecular complexity index is 637. The molecule has 0 amide bonds. The van der Waals surface area contributed by atoms with E-state index in [9.17, 15) is 9.18 Å². The Morgan fingerprint density at radius 2 is 2.10 bits per heavy atom. The van der Waals surface area contributed by atoms with E-state index in [4.69, 9.17) is 4.74 Å². The number of esters is 1. The van der Waals surface area contributed by atoms with E-state index >= 15 is 0 Å². The maximum Gasteiger partial charge on any atom is 0.316 e. The largest absolute Gasteiger partial charge is 0.459 e. The summed E-state index contributed by atoms with van der Waals surface area (Å²) in [6.07, 6.45) is 0. The van der Waals surface area contributed by atoms with E-state index in [2.05, 4.69) is 15.2 Å². The van der Waals surface area contributed by atoms with Crippen LogP contribution >= 0.6 is 11.8 Å². The van der Waals surface area contributed by atoms with Crippen molar-refractivity contribution in [3.63, 3.8) is 0 Å². The van der Waals surface area contributed by atoms with Crippen molar-refractivity contribution >= 4 is 17.7 Å². The van der Waals surface area contributed by atoms with Crippen LogP contribution in [0.15, 0.2) is 29.4 Å². The first-order valence-corrected chi connectivity index (χ1v) is 7.36. The Kier molecular flexibility index (Phi) is 4.62. The lowest BCUT2D eigenvalue weighted by Gasteiger charge is -2.18. The van der Waals surface area contributed by atoms with Crippen LogP contribution in [0, 0.1) is 5.82 Å². The number of aromatic amines is 1. The Labute approximate surface area is 126 Å². The van der Waals surface area contributed by atoms with Crippen LogP contribution in [0.25, 0.3) is 11.4 Å². The molecule has 21 heavy (non-hydrogen) atoms. The molecule has 1 heterocycles. The number of H-pyrrole nitrogens is 1. The lowest BCUT2D eigenvalue weighted by molar-refractivity contribution is -0.151. The Morgan fingerprint density at radius 3 is 2.76 bits per heavy atom. The summed E-state index contributed by atoms with van der Waals surface area (Å²) in [5.41, 5.74) is -0.177. The molecule has 0 atom stereocenters. The predicted molar refractivity (Wildman–Crippen MR) is 78.3 cm³/mol. The normalized spacial score (nSPS) is 11.4. The van der Waals surface area contributed by atoms with Crippen LogP contribution in [0.1, 0.15) is 20.8 Å². The van der Waals surface area contributed by atoms with Crippen LogP contribution in [0.2, 0.25) is 0 Å². The minimum absolute atomic E-state index is 0.103. The van der Waals surface area contributed by atoms with E-state index in [0.29, 0.717) is 16.5 Å². The molecule has 1 aromatic heterocycles. The van der Waals surface area contributed by atoms with Crippen molar-refractivity contribution in [1.29, 1.82) is 0 Å². The fraction of sp³-hybridized carbons (Fsp3) is 0.357. The van der Waals surface area contributed by atoms with Gasteiger partial charge in [-0.25, -0.2) is 9.37 Å². The average molecular weight is 309 g/mol. The van der Waals surface area contributed by atoms with Gasteiger partial charge in [-0.05, 0) is 32.9 Å². The summed E-state index contributed by atoms with van der Waals surface area (Å²) in [7, 11) is 0. The lowest BCUT2D eigenvalue weighted by atomic mass is 10.2. The number of hydrogen-bond donors (Lipinski definition) is 1. The summed E-state index contributed by atoms with van der Waals surface area (Å²) in [5, 5.41) is 6.99. The average Bonchev–Trinajstić information content (AvgIpc) is 2.83. The van der Waals surface area contributed by atoms with Gasteiger partial charge < -0.3 is 4.74 Å². The van der Waals surface area contributed by atoms with Gasteiger partial charge in [0.2, 0.25) is 5.16 Å². The topological polar surface area (TPSA) is 67.9 Å². The molecule has 0 unspecified atom stereocenters. The Balaban J connectivity index is 1.98. The quantitative estimate of drug-likeness (QED) is 0.694. The number of ether oxygens (including phenoxy) is 1. The fourth-order valence-electron chi connectivity index (χ4n) is 1.58. The molecule has 1 aromatic carbocycles. The molecule has 5 nitrogen and oxygen atoms in total. The molecule has 0 saturated carbocycles. The predicted octanol–water partition coefficient (Wildman–Crippen LogP) is 3.04. The highest BCUT2D eigenvalue weighted by molar-refractivity contribution is 7.99. The van der Waals surface area contributed by atoms with E-state index in [1.165, 1.54) is 6.07 Å². The van der Waals surface area contributed by atoms with Crippen LogP contribution in [0.3, 0.4) is 0 Å². The second-order valence-corrected chi connectivity index (χ2v) is 6.26. The molecule has 0 aliphatic heterocycles. The molecule has 0 fully saturated rings. The van der Waals surface area contributed by atoms with Crippen molar-refractivity contribution in [3.05, 3.63) is 30.1 Å². The van der Waals surface area contributed by atoms with Crippen molar-refractivity contribution in [1.82, 2.24) is 15.2 Å². The van der Waals surface area contributed by atoms with Crippen molar-refractivity contribution in [2.45, 2.75) is 31.5 Å². The van der Waals surface area contributed by atoms with Gasteiger partial charge in [-0.15, -0.1) is 5.10 Å². The van der Waals surface area contributed by atoms with Gasteiger partial charge in [0.1, 0.15) is 11.4 Å². The van der Waals surface area contributed by atoms with Gasteiger partial charge in [0.25, 0.3) is 0 Å². The van der Waals surface area contributed by atoms with Crippen LogP contribution in [-0.2, 0) is 9.53 Å². The first-order chi connectivity index (χ1) is 9.85. The maximum atomic E-state index is 13.6. The zero-order valence-corrected chi connectivity index (χ0v) is 12.8. The van der Waals surface area contributed by atoms with E-state index in [1.54, 1.807) is 39.0 Å². The summed E-state index contributed by atoms with van der Waals surface area (Å²) in [6, 6.07) is 6.28. The lowest BCUT2D eigenvalue weighted by Crippen LogP contribution is -2.24. The molecule has 2 rings (SSSR count). The monoisotopic (exact) mass is 309 g/mol.